The first-order valence-electron chi connectivity index (χ1n) is 5.37. The number of nitrogens with zero attached hydrogens (tertiary/aromatic N) is 1. The van der Waals surface area contributed by atoms with Crippen molar-refractivity contribution in [1.29, 1.82) is 0 Å². The molecule has 0 radical (unpaired) electrons. The smallest absolute Gasteiger partial charge is 0.318 e. The number of aliphatic carboxylic acids is 1. The molecule has 2 N–H and O–H groups in total. The molecule has 0 bridgehead atoms. The van der Waals surface area contributed by atoms with Crippen molar-refractivity contribution < 1.29 is 19.4 Å². The minimum atomic E-state index is -0.955. The van der Waals surface area contributed by atoms with Crippen LogP contribution in [0.3, 0.4) is 0 Å². The van der Waals surface area contributed by atoms with Crippen molar-refractivity contribution in [2.45, 2.75) is 25.4 Å². The Labute approximate surface area is 99.9 Å². The highest BCUT2D eigenvalue weighted by atomic mass is 16.5. The van der Waals surface area contributed by atoms with Gasteiger partial charge in [-0.25, -0.2) is 4.79 Å². The molecule has 1 aliphatic heterocycles. The predicted octanol–water partition coefficient (Wildman–Crippen LogP) is -0.107. The van der Waals surface area contributed by atoms with Crippen molar-refractivity contribution in [3.05, 3.63) is 0 Å². The van der Waals surface area contributed by atoms with Gasteiger partial charge in [0.15, 0.2) is 0 Å². The molecule has 0 aromatic carbocycles. The number of amides is 2. The molecule has 0 aromatic heterocycles. The van der Waals surface area contributed by atoms with Crippen LogP contribution in [-0.4, -0.2) is 53.8 Å². The van der Waals surface area contributed by atoms with E-state index in [4.69, 9.17) is 16.3 Å². The summed E-state index contributed by atoms with van der Waals surface area (Å²) in [4.78, 5) is 24.0. The van der Waals surface area contributed by atoms with Crippen LogP contribution in [0, 0.1) is 12.3 Å². The monoisotopic (exact) mass is 240 g/mol. The molecule has 1 rings (SSSR count). The molecule has 1 fully saturated rings. The average molecular weight is 240 g/mol. The number of morpholine rings is 1. The zero-order valence-electron chi connectivity index (χ0n) is 9.68. The molecule has 2 amide bonds. The van der Waals surface area contributed by atoms with E-state index >= 15 is 0 Å². The van der Waals surface area contributed by atoms with Crippen LogP contribution in [0.15, 0.2) is 0 Å². The number of carboxylic acid groups (broad SMARTS) is 1. The van der Waals surface area contributed by atoms with Crippen LogP contribution in [-0.2, 0) is 9.53 Å². The van der Waals surface area contributed by atoms with Gasteiger partial charge in [0.05, 0.1) is 31.7 Å². The predicted molar refractivity (Wildman–Crippen MR) is 60.4 cm³/mol. The van der Waals surface area contributed by atoms with Crippen molar-refractivity contribution in [2.24, 2.45) is 0 Å². The normalized spacial score (nSPS) is 21.4. The van der Waals surface area contributed by atoms with Crippen molar-refractivity contribution in [2.75, 3.05) is 19.8 Å². The van der Waals surface area contributed by atoms with Crippen LogP contribution >= 0.6 is 0 Å². The van der Waals surface area contributed by atoms with E-state index in [1.54, 1.807) is 6.92 Å². The molecular formula is C11H16N2O4. The first kappa shape index (κ1) is 13.3. The Bertz CT molecular complexity index is 337. The maximum absolute atomic E-state index is 11.8. The Morgan fingerprint density at radius 2 is 2.41 bits per heavy atom. The fourth-order valence-corrected chi connectivity index (χ4v) is 1.60. The molecule has 94 valence electrons. The first-order chi connectivity index (χ1) is 8.04. The van der Waals surface area contributed by atoms with Gasteiger partial charge in [-0.05, 0) is 6.92 Å². The second kappa shape index (κ2) is 6.11. The standard InChI is InChI=1S/C11H16N2O4/c1-3-8(2)12-11(16)13-4-5-17-7-9(13)6-10(14)15/h1,8-9H,4-7H2,2H3,(H,12,16)(H,14,15). The van der Waals surface area contributed by atoms with Gasteiger partial charge >= 0.3 is 12.0 Å². The highest BCUT2D eigenvalue weighted by Gasteiger charge is 2.29. The van der Waals surface area contributed by atoms with E-state index in [9.17, 15) is 9.59 Å². The number of carbonyl (C=O) groups is 2. The van der Waals surface area contributed by atoms with Crippen molar-refractivity contribution in [3.63, 3.8) is 0 Å². The van der Waals surface area contributed by atoms with Gasteiger partial charge in [-0.3, -0.25) is 4.79 Å². The van der Waals surface area contributed by atoms with E-state index in [1.807, 2.05) is 0 Å². The van der Waals surface area contributed by atoms with Gasteiger partial charge < -0.3 is 20.1 Å². The molecule has 1 heterocycles. The van der Waals surface area contributed by atoms with Crippen molar-refractivity contribution >= 4 is 12.0 Å². The number of urea groups is 1. The zero-order chi connectivity index (χ0) is 12.8. The van der Waals surface area contributed by atoms with E-state index in [1.165, 1.54) is 4.90 Å². The SMILES string of the molecule is C#CC(C)NC(=O)N1CCOCC1CC(=O)O. The summed E-state index contributed by atoms with van der Waals surface area (Å²) >= 11 is 0. The molecule has 0 aromatic rings. The van der Waals surface area contributed by atoms with Gasteiger partial charge in [-0.15, -0.1) is 6.42 Å². The van der Waals surface area contributed by atoms with Crippen LogP contribution in [0.25, 0.3) is 0 Å². The topological polar surface area (TPSA) is 78.9 Å². The van der Waals surface area contributed by atoms with Gasteiger partial charge in [-0.2, -0.15) is 0 Å². The zero-order valence-corrected chi connectivity index (χ0v) is 9.68. The minimum Gasteiger partial charge on any atom is -0.481 e. The maximum Gasteiger partial charge on any atom is 0.318 e. The lowest BCUT2D eigenvalue weighted by Gasteiger charge is -2.35. The number of hydrogen-bond donors (Lipinski definition) is 2. The van der Waals surface area contributed by atoms with Crippen LogP contribution in [0.2, 0.25) is 0 Å². The summed E-state index contributed by atoms with van der Waals surface area (Å²) in [6.45, 7) is 2.71. The summed E-state index contributed by atoms with van der Waals surface area (Å²) in [5, 5.41) is 11.4. The summed E-state index contributed by atoms with van der Waals surface area (Å²) in [6.07, 6.45) is 5.04. The third-order valence-corrected chi connectivity index (χ3v) is 2.49. The van der Waals surface area contributed by atoms with E-state index in [2.05, 4.69) is 11.2 Å². The van der Waals surface area contributed by atoms with E-state index in [0.717, 1.165) is 0 Å². The first-order valence-corrected chi connectivity index (χ1v) is 5.37. The number of hydrogen-bond acceptors (Lipinski definition) is 3. The molecular weight excluding hydrogens is 224 g/mol. The van der Waals surface area contributed by atoms with Crippen molar-refractivity contribution in [1.82, 2.24) is 10.2 Å². The fourth-order valence-electron chi connectivity index (χ4n) is 1.60. The molecule has 6 heteroatoms. The lowest BCUT2D eigenvalue weighted by Crippen LogP contribution is -2.54. The second-order valence-corrected chi connectivity index (χ2v) is 3.86. The Balaban J connectivity index is 2.61. The number of nitrogens with one attached hydrogen (secondary N) is 1. The minimum absolute atomic E-state index is 0.127. The third-order valence-electron chi connectivity index (χ3n) is 2.49. The summed E-state index contributed by atoms with van der Waals surface area (Å²) in [7, 11) is 0. The molecule has 17 heavy (non-hydrogen) atoms. The highest BCUT2D eigenvalue weighted by molar-refractivity contribution is 5.76. The maximum atomic E-state index is 11.8. The average Bonchev–Trinajstić information content (AvgIpc) is 2.28. The van der Waals surface area contributed by atoms with Gasteiger partial charge in [0.1, 0.15) is 0 Å². The quantitative estimate of drug-likeness (QED) is 0.675. The molecule has 0 spiro atoms. The van der Waals surface area contributed by atoms with Crippen LogP contribution in [0.5, 0.6) is 0 Å². The summed E-state index contributed by atoms with van der Waals surface area (Å²) < 4.78 is 5.17. The summed E-state index contributed by atoms with van der Waals surface area (Å²) in [5.74, 6) is 1.43. The number of terminal acetylenes is 1. The Kier molecular flexibility index (Phi) is 4.79. The molecule has 2 atom stereocenters. The third kappa shape index (κ3) is 3.96. The largest absolute Gasteiger partial charge is 0.481 e. The van der Waals surface area contributed by atoms with Gasteiger partial charge in [-0.1, -0.05) is 5.92 Å². The number of ether oxygens (including phenoxy) is 1. The molecule has 0 aliphatic carbocycles. The van der Waals surface area contributed by atoms with Gasteiger partial charge in [0, 0.05) is 6.54 Å². The second-order valence-electron chi connectivity index (χ2n) is 3.86. The van der Waals surface area contributed by atoms with E-state index < -0.39 is 12.0 Å². The molecule has 6 nitrogen and oxygen atoms in total. The van der Waals surface area contributed by atoms with Crippen LogP contribution in [0.1, 0.15) is 13.3 Å². The Hall–Kier alpha value is -1.74. The van der Waals surface area contributed by atoms with Crippen molar-refractivity contribution in [3.8, 4) is 12.3 Å². The lowest BCUT2D eigenvalue weighted by molar-refractivity contribution is -0.139. The lowest BCUT2D eigenvalue weighted by atomic mass is 10.1. The van der Waals surface area contributed by atoms with Crippen LogP contribution in [0.4, 0.5) is 4.79 Å². The fraction of sp³-hybridized carbons (Fsp3) is 0.636. The van der Waals surface area contributed by atoms with E-state index in [0.29, 0.717) is 13.2 Å². The number of carboxylic acids is 1. The Morgan fingerprint density at radius 1 is 1.71 bits per heavy atom. The van der Waals surface area contributed by atoms with Gasteiger partial charge in [0.25, 0.3) is 0 Å². The molecule has 2 unspecified atom stereocenters. The summed E-state index contributed by atoms with van der Waals surface area (Å²) in [6, 6.07) is -1.16. The highest BCUT2D eigenvalue weighted by Crippen LogP contribution is 2.11. The number of carbonyl (C=O) groups excluding carboxylic acids is 1. The van der Waals surface area contributed by atoms with Gasteiger partial charge in [0.2, 0.25) is 0 Å². The van der Waals surface area contributed by atoms with Crippen LogP contribution < -0.4 is 5.32 Å². The Morgan fingerprint density at radius 3 is 3.00 bits per heavy atom. The van der Waals surface area contributed by atoms with E-state index in [-0.39, 0.29) is 25.1 Å². The molecule has 1 aliphatic rings. The summed E-state index contributed by atoms with van der Waals surface area (Å²) in [5.41, 5.74) is 0. The molecule has 1 saturated heterocycles. The molecule has 0 saturated carbocycles. The number of rotatable bonds is 3.